The van der Waals surface area contributed by atoms with Gasteiger partial charge in [0.2, 0.25) is 0 Å². The summed E-state index contributed by atoms with van der Waals surface area (Å²) in [7, 11) is 0. The van der Waals surface area contributed by atoms with Gasteiger partial charge in [-0.2, -0.15) is 0 Å². The molecule has 0 aromatic rings. The first-order valence-electron chi connectivity index (χ1n) is 4.87. The largest absolute Gasteiger partial charge is 0.314 e. The Morgan fingerprint density at radius 2 is 2.18 bits per heavy atom. The lowest BCUT2D eigenvalue weighted by Gasteiger charge is -2.35. The zero-order valence-corrected chi connectivity index (χ0v) is 8.11. The average molecular weight is 155 g/mol. The number of rotatable bonds is 2. The van der Waals surface area contributed by atoms with Crippen molar-refractivity contribution in [3.63, 3.8) is 0 Å². The number of hydrogen-bond donors (Lipinski definition) is 1. The van der Waals surface area contributed by atoms with Gasteiger partial charge in [0, 0.05) is 6.04 Å². The van der Waals surface area contributed by atoms with Crippen molar-refractivity contribution in [2.45, 2.75) is 52.5 Å². The molecule has 0 spiro atoms. The van der Waals surface area contributed by atoms with Gasteiger partial charge in [0.15, 0.2) is 0 Å². The zero-order valence-electron chi connectivity index (χ0n) is 8.11. The minimum Gasteiger partial charge on any atom is -0.314 e. The van der Waals surface area contributed by atoms with Crippen molar-refractivity contribution in [3.8, 4) is 0 Å². The minimum atomic E-state index is 0.588. The van der Waals surface area contributed by atoms with Crippen LogP contribution in [0.5, 0.6) is 0 Å². The van der Waals surface area contributed by atoms with Crippen LogP contribution in [0.1, 0.15) is 46.5 Å². The van der Waals surface area contributed by atoms with Crippen molar-refractivity contribution in [1.82, 2.24) is 5.32 Å². The van der Waals surface area contributed by atoms with E-state index in [9.17, 15) is 0 Å². The molecule has 1 fully saturated rings. The molecule has 1 atom stereocenters. The molecule has 1 nitrogen and oxygen atoms in total. The highest BCUT2D eigenvalue weighted by Crippen LogP contribution is 2.34. The van der Waals surface area contributed by atoms with E-state index in [1.165, 1.54) is 25.7 Å². The molecule has 0 aromatic heterocycles. The smallest absolute Gasteiger partial charge is 0.00720 e. The molecule has 1 heteroatoms. The van der Waals surface area contributed by atoms with Crippen LogP contribution < -0.4 is 5.32 Å². The van der Waals surface area contributed by atoms with Crippen LogP contribution in [0.4, 0.5) is 0 Å². The molecule has 1 unspecified atom stereocenters. The summed E-state index contributed by atoms with van der Waals surface area (Å²) in [6.07, 6.45) is 5.57. The molecule has 0 bridgehead atoms. The van der Waals surface area contributed by atoms with E-state index in [0.717, 1.165) is 12.6 Å². The summed E-state index contributed by atoms with van der Waals surface area (Å²) in [5.41, 5.74) is 0.588. The maximum Gasteiger partial charge on any atom is 0.00720 e. The van der Waals surface area contributed by atoms with E-state index in [4.69, 9.17) is 0 Å². The van der Waals surface area contributed by atoms with Gasteiger partial charge >= 0.3 is 0 Å². The van der Waals surface area contributed by atoms with Crippen molar-refractivity contribution in [2.75, 3.05) is 6.54 Å². The minimum absolute atomic E-state index is 0.588. The van der Waals surface area contributed by atoms with Crippen LogP contribution in [0.3, 0.4) is 0 Å². The van der Waals surface area contributed by atoms with E-state index in [0.29, 0.717) is 5.41 Å². The fourth-order valence-corrected chi connectivity index (χ4v) is 2.16. The van der Waals surface area contributed by atoms with Gasteiger partial charge in [-0.25, -0.2) is 0 Å². The van der Waals surface area contributed by atoms with Gasteiger partial charge in [0.1, 0.15) is 0 Å². The van der Waals surface area contributed by atoms with Crippen LogP contribution in [0, 0.1) is 5.41 Å². The topological polar surface area (TPSA) is 12.0 Å². The number of hydrogen-bond acceptors (Lipinski definition) is 1. The van der Waals surface area contributed by atoms with Gasteiger partial charge < -0.3 is 5.32 Å². The standard InChI is InChI=1S/C10H21N/c1-4-11-9-6-5-7-10(2,3)8-9/h9,11H,4-8H2,1-3H3. The first-order chi connectivity index (χ1) is 5.14. The van der Waals surface area contributed by atoms with Gasteiger partial charge in [-0.3, -0.25) is 0 Å². The second-order valence-corrected chi connectivity index (χ2v) is 4.52. The molecular formula is C10H21N. The van der Waals surface area contributed by atoms with Gasteiger partial charge in [-0.1, -0.05) is 27.2 Å². The third kappa shape index (κ3) is 2.82. The molecule has 0 amide bonds. The van der Waals surface area contributed by atoms with Crippen LogP contribution in [0.25, 0.3) is 0 Å². The van der Waals surface area contributed by atoms with E-state index in [1.807, 2.05) is 0 Å². The Morgan fingerprint density at radius 1 is 1.45 bits per heavy atom. The fourth-order valence-electron chi connectivity index (χ4n) is 2.16. The van der Waals surface area contributed by atoms with Crippen LogP contribution >= 0.6 is 0 Å². The lowest BCUT2D eigenvalue weighted by Crippen LogP contribution is -2.36. The highest BCUT2D eigenvalue weighted by Gasteiger charge is 2.26. The van der Waals surface area contributed by atoms with Crippen LogP contribution in [-0.2, 0) is 0 Å². The molecule has 0 aliphatic heterocycles. The molecular weight excluding hydrogens is 134 g/mol. The van der Waals surface area contributed by atoms with Crippen LogP contribution in [0.15, 0.2) is 0 Å². The first-order valence-corrected chi connectivity index (χ1v) is 4.87. The quantitative estimate of drug-likeness (QED) is 0.646. The molecule has 1 saturated carbocycles. The molecule has 0 aromatic carbocycles. The molecule has 0 saturated heterocycles. The Bertz CT molecular complexity index is 116. The predicted octanol–water partition coefficient (Wildman–Crippen LogP) is 2.56. The van der Waals surface area contributed by atoms with Crippen molar-refractivity contribution in [1.29, 1.82) is 0 Å². The molecule has 1 aliphatic rings. The normalized spacial score (nSPS) is 30.3. The molecule has 1 N–H and O–H groups in total. The predicted molar refractivity (Wildman–Crippen MR) is 49.7 cm³/mol. The monoisotopic (exact) mass is 155 g/mol. The second-order valence-electron chi connectivity index (χ2n) is 4.52. The average Bonchev–Trinajstić information content (AvgIpc) is 1.85. The highest BCUT2D eigenvalue weighted by atomic mass is 14.9. The van der Waals surface area contributed by atoms with E-state index < -0.39 is 0 Å². The first kappa shape index (κ1) is 9.05. The summed E-state index contributed by atoms with van der Waals surface area (Å²) < 4.78 is 0. The maximum absolute atomic E-state index is 3.54. The summed E-state index contributed by atoms with van der Waals surface area (Å²) in [6.45, 7) is 8.09. The van der Waals surface area contributed by atoms with Crippen molar-refractivity contribution < 1.29 is 0 Å². The Balaban J connectivity index is 2.34. The second kappa shape index (κ2) is 3.57. The Labute approximate surface area is 70.6 Å². The molecule has 11 heavy (non-hydrogen) atoms. The van der Waals surface area contributed by atoms with Crippen molar-refractivity contribution in [2.24, 2.45) is 5.41 Å². The van der Waals surface area contributed by atoms with E-state index in [2.05, 4.69) is 26.1 Å². The third-order valence-corrected chi connectivity index (χ3v) is 2.70. The summed E-state index contributed by atoms with van der Waals surface area (Å²) in [5.74, 6) is 0. The third-order valence-electron chi connectivity index (χ3n) is 2.70. The Hall–Kier alpha value is -0.0400. The van der Waals surface area contributed by atoms with E-state index >= 15 is 0 Å². The SMILES string of the molecule is CCNC1CCCC(C)(C)C1. The van der Waals surface area contributed by atoms with Gasteiger partial charge in [0.05, 0.1) is 0 Å². The van der Waals surface area contributed by atoms with Crippen LogP contribution in [-0.4, -0.2) is 12.6 Å². The summed E-state index contributed by atoms with van der Waals surface area (Å²) >= 11 is 0. The Kier molecular flexibility index (Phi) is 2.94. The zero-order chi connectivity index (χ0) is 8.32. The lowest BCUT2D eigenvalue weighted by atomic mass is 9.75. The van der Waals surface area contributed by atoms with Gasteiger partial charge in [-0.15, -0.1) is 0 Å². The Morgan fingerprint density at radius 3 is 2.73 bits per heavy atom. The van der Waals surface area contributed by atoms with Crippen molar-refractivity contribution in [3.05, 3.63) is 0 Å². The highest BCUT2D eigenvalue weighted by molar-refractivity contribution is 4.82. The number of nitrogens with one attached hydrogen (secondary N) is 1. The molecule has 0 radical (unpaired) electrons. The summed E-state index contributed by atoms with van der Waals surface area (Å²) in [4.78, 5) is 0. The summed E-state index contributed by atoms with van der Waals surface area (Å²) in [6, 6.07) is 0.795. The van der Waals surface area contributed by atoms with Crippen molar-refractivity contribution >= 4 is 0 Å². The van der Waals surface area contributed by atoms with Gasteiger partial charge in [0.25, 0.3) is 0 Å². The molecule has 66 valence electrons. The van der Waals surface area contributed by atoms with E-state index in [-0.39, 0.29) is 0 Å². The fraction of sp³-hybridized carbons (Fsp3) is 1.00. The molecule has 1 rings (SSSR count). The maximum atomic E-state index is 3.54. The van der Waals surface area contributed by atoms with E-state index in [1.54, 1.807) is 0 Å². The van der Waals surface area contributed by atoms with Gasteiger partial charge in [-0.05, 0) is 31.2 Å². The van der Waals surface area contributed by atoms with Crippen LogP contribution in [0.2, 0.25) is 0 Å². The molecule has 1 aliphatic carbocycles. The summed E-state index contributed by atoms with van der Waals surface area (Å²) in [5, 5.41) is 3.54. The lowest BCUT2D eigenvalue weighted by molar-refractivity contribution is 0.200. The molecule has 0 heterocycles.